The van der Waals surface area contributed by atoms with E-state index in [-0.39, 0.29) is 0 Å². The molecule has 5 heteroatoms. The highest BCUT2D eigenvalue weighted by Gasteiger charge is 2.16. The van der Waals surface area contributed by atoms with Crippen LogP contribution < -0.4 is 5.32 Å². The first kappa shape index (κ1) is 11.3. The molecular weight excluding hydrogens is 228 g/mol. The van der Waals surface area contributed by atoms with Gasteiger partial charge in [0.25, 0.3) is 0 Å². The van der Waals surface area contributed by atoms with Crippen molar-refractivity contribution < 1.29 is 4.79 Å². The number of piperidine rings is 1. The maximum atomic E-state index is 10.9. The van der Waals surface area contributed by atoms with E-state index in [0.29, 0.717) is 11.6 Å². The molecule has 0 bridgehead atoms. The number of aldehydes is 1. The number of hydrogen-bond donors (Lipinski definition) is 1. The molecule has 0 radical (unpaired) electrons. The van der Waals surface area contributed by atoms with Gasteiger partial charge in [0.15, 0.2) is 17.8 Å². The van der Waals surface area contributed by atoms with Crippen molar-refractivity contribution in [1.29, 1.82) is 0 Å². The fourth-order valence-corrected chi connectivity index (χ4v) is 2.49. The first-order chi connectivity index (χ1) is 8.86. The van der Waals surface area contributed by atoms with E-state index in [2.05, 4.69) is 15.4 Å². The van der Waals surface area contributed by atoms with Crippen molar-refractivity contribution in [2.24, 2.45) is 5.92 Å². The summed E-state index contributed by atoms with van der Waals surface area (Å²) in [7, 11) is 0. The van der Waals surface area contributed by atoms with Gasteiger partial charge in [0.1, 0.15) is 5.69 Å². The molecule has 0 saturated carbocycles. The van der Waals surface area contributed by atoms with E-state index in [4.69, 9.17) is 0 Å². The van der Waals surface area contributed by atoms with Crippen LogP contribution in [0.1, 0.15) is 29.2 Å². The van der Waals surface area contributed by atoms with Crippen LogP contribution in [0.25, 0.3) is 5.65 Å². The minimum atomic E-state index is 0.552. The molecule has 0 aromatic carbocycles. The second kappa shape index (κ2) is 4.86. The fourth-order valence-electron chi connectivity index (χ4n) is 2.49. The third-order valence-electron chi connectivity index (χ3n) is 3.48. The van der Waals surface area contributed by atoms with Gasteiger partial charge < -0.3 is 5.32 Å². The summed E-state index contributed by atoms with van der Waals surface area (Å²) in [6.45, 7) is 2.16. The summed E-state index contributed by atoms with van der Waals surface area (Å²) in [6.07, 6.45) is 4.07. The number of pyridine rings is 1. The molecular formula is C13H16N4O. The van der Waals surface area contributed by atoms with E-state index in [0.717, 1.165) is 37.3 Å². The molecule has 3 rings (SSSR count). The van der Waals surface area contributed by atoms with Crippen LogP contribution in [0.4, 0.5) is 0 Å². The SMILES string of the molecule is O=Cc1cccc2nc(CC3CCNCC3)nn12. The van der Waals surface area contributed by atoms with Gasteiger partial charge in [-0.15, -0.1) is 0 Å². The molecule has 1 N–H and O–H groups in total. The van der Waals surface area contributed by atoms with Crippen LogP contribution in [0.2, 0.25) is 0 Å². The molecule has 1 fully saturated rings. The minimum absolute atomic E-state index is 0.552. The molecule has 0 aliphatic carbocycles. The van der Waals surface area contributed by atoms with Crippen LogP contribution in [0, 0.1) is 5.92 Å². The van der Waals surface area contributed by atoms with Crippen LogP contribution in [0.3, 0.4) is 0 Å². The highest BCUT2D eigenvalue weighted by atomic mass is 16.1. The van der Waals surface area contributed by atoms with Crippen molar-refractivity contribution >= 4 is 11.9 Å². The van der Waals surface area contributed by atoms with Crippen molar-refractivity contribution in [3.63, 3.8) is 0 Å². The molecule has 5 nitrogen and oxygen atoms in total. The van der Waals surface area contributed by atoms with Crippen molar-refractivity contribution in [3.05, 3.63) is 29.7 Å². The quantitative estimate of drug-likeness (QED) is 0.821. The Kier molecular flexibility index (Phi) is 3.06. The molecule has 0 spiro atoms. The van der Waals surface area contributed by atoms with E-state index in [1.165, 1.54) is 12.8 Å². The van der Waals surface area contributed by atoms with E-state index in [1.807, 2.05) is 12.1 Å². The van der Waals surface area contributed by atoms with Gasteiger partial charge >= 0.3 is 0 Å². The summed E-state index contributed by atoms with van der Waals surface area (Å²) >= 11 is 0. The molecule has 0 amide bonds. The topological polar surface area (TPSA) is 59.3 Å². The van der Waals surface area contributed by atoms with Gasteiger partial charge in [-0.05, 0) is 44.0 Å². The van der Waals surface area contributed by atoms with Crippen molar-refractivity contribution in [3.8, 4) is 0 Å². The molecule has 1 aliphatic rings. The van der Waals surface area contributed by atoms with Gasteiger partial charge in [-0.1, -0.05) is 6.07 Å². The number of rotatable bonds is 3. The van der Waals surface area contributed by atoms with Gasteiger partial charge in [0, 0.05) is 6.42 Å². The van der Waals surface area contributed by atoms with Gasteiger partial charge in [-0.2, -0.15) is 5.10 Å². The number of nitrogens with zero attached hydrogens (tertiary/aromatic N) is 3. The summed E-state index contributed by atoms with van der Waals surface area (Å²) in [5.74, 6) is 1.50. The van der Waals surface area contributed by atoms with Crippen LogP contribution in [0.5, 0.6) is 0 Å². The van der Waals surface area contributed by atoms with Gasteiger partial charge in [-0.3, -0.25) is 4.79 Å². The van der Waals surface area contributed by atoms with Crippen LogP contribution >= 0.6 is 0 Å². The van der Waals surface area contributed by atoms with Crippen molar-refractivity contribution in [2.45, 2.75) is 19.3 Å². The number of aromatic nitrogens is 3. The maximum Gasteiger partial charge on any atom is 0.168 e. The highest BCUT2D eigenvalue weighted by molar-refractivity contribution is 5.73. The van der Waals surface area contributed by atoms with Crippen molar-refractivity contribution in [2.75, 3.05) is 13.1 Å². The molecule has 94 valence electrons. The first-order valence-electron chi connectivity index (χ1n) is 6.37. The Bertz CT molecular complexity index is 557. The Morgan fingerprint density at radius 3 is 3.00 bits per heavy atom. The van der Waals surface area contributed by atoms with Gasteiger partial charge in [-0.25, -0.2) is 9.50 Å². The summed E-state index contributed by atoms with van der Waals surface area (Å²) in [6, 6.07) is 5.47. The zero-order valence-electron chi connectivity index (χ0n) is 10.2. The zero-order chi connectivity index (χ0) is 12.4. The first-order valence-corrected chi connectivity index (χ1v) is 6.37. The second-order valence-electron chi connectivity index (χ2n) is 4.76. The summed E-state index contributed by atoms with van der Waals surface area (Å²) in [5, 5.41) is 7.78. The lowest BCUT2D eigenvalue weighted by Crippen LogP contribution is -2.28. The molecule has 0 atom stereocenters. The Balaban J connectivity index is 1.86. The van der Waals surface area contributed by atoms with E-state index in [9.17, 15) is 4.79 Å². The number of nitrogens with one attached hydrogen (secondary N) is 1. The smallest absolute Gasteiger partial charge is 0.168 e. The number of fused-ring (bicyclic) bond motifs is 1. The van der Waals surface area contributed by atoms with E-state index >= 15 is 0 Å². The summed E-state index contributed by atoms with van der Waals surface area (Å²) < 4.78 is 1.63. The molecule has 3 heterocycles. The van der Waals surface area contributed by atoms with E-state index < -0.39 is 0 Å². The van der Waals surface area contributed by atoms with Gasteiger partial charge in [0.05, 0.1) is 0 Å². The van der Waals surface area contributed by atoms with Gasteiger partial charge in [0.2, 0.25) is 0 Å². The summed E-state index contributed by atoms with van der Waals surface area (Å²) in [5.41, 5.74) is 1.31. The molecule has 18 heavy (non-hydrogen) atoms. The molecule has 1 saturated heterocycles. The third-order valence-corrected chi connectivity index (χ3v) is 3.48. The van der Waals surface area contributed by atoms with E-state index in [1.54, 1.807) is 10.6 Å². The predicted octanol–water partition coefficient (Wildman–Crippen LogP) is 1.08. The average Bonchev–Trinajstić information content (AvgIpc) is 2.82. The predicted molar refractivity (Wildman–Crippen MR) is 67.7 cm³/mol. The number of carbonyl (C=O) groups is 1. The van der Waals surface area contributed by atoms with Crippen LogP contribution in [-0.4, -0.2) is 34.0 Å². The average molecular weight is 244 g/mol. The lowest BCUT2D eigenvalue weighted by atomic mass is 9.94. The normalized spacial score (nSPS) is 17.1. The Morgan fingerprint density at radius 2 is 2.22 bits per heavy atom. The largest absolute Gasteiger partial charge is 0.317 e. The fraction of sp³-hybridized carbons (Fsp3) is 0.462. The van der Waals surface area contributed by atoms with Crippen LogP contribution in [0.15, 0.2) is 18.2 Å². The minimum Gasteiger partial charge on any atom is -0.317 e. The van der Waals surface area contributed by atoms with Crippen molar-refractivity contribution in [1.82, 2.24) is 19.9 Å². The second-order valence-corrected chi connectivity index (χ2v) is 4.76. The lowest BCUT2D eigenvalue weighted by Gasteiger charge is -2.20. The van der Waals surface area contributed by atoms with Crippen LogP contribution in [-0.2, 0) is 6.42 Å². The summed E-state index contributed by atoms with van der Waals surface area (Å²) in [4.78, 5) is 15.4. The monoisotopic (exact) mass is 244 g/mol. The molecule has 1 aliphatic heterocycles. The lowest BCUT2D eigenvalue weighted by molar-refractivity contribution is 0.111. The highest BCUT2D eigenvalue weighted by Crippen LogP contribution is 2.16. The maximum absolute atomic E-state index is 10.9. The number of carbonyl (C=O) groups excluding carboxylic acids is 1. The standard InChI is InChI=1S/C13H16N4O/c18-9-11-2-1-3-13-15-12(16-17(11)13)8-10-4-6-14-7-5-10/h1-3,9-10,14H,4-8H2. The molecule has 2 aromatic rings. The Hall–Kier alpha value is -1.75. The third kappa shape index (κ3) is 2.13. The molecule has 0 unspecified atom stereocenters. The Labute approximate surface area is 105 Å². The Morgan fingerprint density at radius 1 is 1.39 bits per heavy atom. The zero-order valence-corrected chi connectivity index (χ0v) is 10.2. The molecule has 2 aromatic heterocycles. The number of hydrogen-bond acceptors (Lipinski definition) is 4.